The van der Waals surface area contributed by atoms with Crippen molar-refractivity contribution in [1.29, 1.82) is 0 Å². The molecule has 0 aromatic carbocycles. The van der Waals surface area contributed by atoms with Crippen LogP contribution in [0.4, 0.5) is 0 Å². The molecule has 54 valence electrons. The maximum absolute atomic E-state index is 5.48. The second-order valence-electron chi connectivity index (χ2n) is 1.50. The first-order valence-corrected chi connectivity index (χ1v) is 4.17. The molecule has 1 heterocycles. The number of halogens is 1. The van der Waals surface area contributed by atoms with Crippen LogP contribution in [-0.4, -0.2) is 20.9 Å². The zero-order valence-corrected chi connectivity index (χ0v) is 6.98. The first-order chi connectivity index (χ1) is 4.83. The summed E-state index contributed by atoms with van der Waals surface area (Å²) >= 11 is 7.07. The second-order valence-corrected chi connectivity index (χ2v) is 3.12. The van der Waals surface area contributed by atoms with Crippen LogP contribution in [0.3, 0.4) is 0 Å². The van der Waals surface area contributed by atoms with Crippen LogP contribution >= 0.6 is 23.4 Å². The van der Waals surface area contributed by atoms with Gasteiger partial charge in [-0.3, -0.25) is 0 Å². The van der Waals surface area contributed by atoms with Gasteiger partial charge in [0.2, 0.25) is 5.28 Å². The van der Waals surface area contributed by atoms with Gasteiger partial charge in [0.15, 0.2) is 0 Å². The zero-order valence-electron chi connectivity index (χ0n) is 5.41. The van der Waals surface area contributed by atoms with Crippen molar-refractivity contribution in [2.75, 3.05) is 5.75 Å². The maximum atomic E-state index is 5.48. The van der Waals surface area contributed by atoms with Gasteiger partial charge in [-0.05, 0) is 17.4 Å². The Labute approximate surface area is 68.2 Å². The van der Waals surface area contributed by atoms with Crippen LogP contribution in [0.1, 0.15) is 6.92 Å². The van der Waals surface area contributed by atoms with E-state index in [0.717, 1.165) is 10.8 Å². The molecule has 0 saturated heterocycles. The van der Waals surface area contributed by atoms with Crippen LogP contribution < -0.4 is 0 Å². The summed E-state index contributed by atoms with van der Waals surface area (Å²) in [6, 6.07) is 0. The molecule has 1 aromatic heterocycles. The molecule has 10 heavy (non-hydrogen) atoms. The van der Waals surface area contributed by atoms with Gasteiger partial charge in [0, 0.05) is 0 Å². The SMILES string of the molecule is CCSc1cnnc(Cl)n1. The Morgan fingerprint density at radius 1 is 1.70 bits per heavy atom. The number of hydrogen-bond acceptors (Lipinski definition) is 4. The van der Waals surface area contributed by atoms with Crippen LogP contribution in [-0.2, 0) is 0 Å². The molecule has 0 fully saturated rings. The molecule has 1 rings (SSSR count). The van der Waals surface area contributed by atoms with Crippen LogP contribution in [0.25, 0.3) is 0 Å². The smallest absolute Gasteiger partial charge is 0.208 e. The van der Waals surface area contributed by atoms with Gasteiger partial charge in [-0.25, -0.2) is 4.98 Å². The molecular weight excluding hydrogens is 170 g/mol. The van der Waals surface area contributed by atoms with Crippen LogP contribution in [0.2, 0.25) is 5.28 Å². The highest BCUT2D eigenvalue weighted by Gasteiger charge is 1.95. The van der Waals surface area contributed by atoms with Crippen molar-refractivity contribution in [1.82, 2.24) is 15.2 Å². The number of rotatable bonds is 2. The van der Waals surface area contributed by atoms with Crippen molar-refractivity contribution in [2.24, 2.45) is 0 Å². The van der Waals surface area contributed by atoms with Crippen LogP contribution in [0.15, 0.2) is 11.2 Å². The molecule has 0 aliphatic heterocycles. The van der Waals surface area contributed by atoms with Gasteiger partial charge < -0.3 is 0 Å². The molecule has 0 atom stereocenters. The van der Waals surface area contributed by atoms with Crippen LogP contribution in [0, 0.1) is 0 Å². The highest BCUT2D eigenvalue weighted by atomic mass is 35.5. The van der Waals surface area contributed by atoms with Crippen molar-refractivity contribution >= 4 is 23.4 Å². The number of hydrogen-bond donors (Lipinski definition) is 0. The molecule has 3 nitrogen and oxygen atoms in total. The molecule has 5 heteroatoms. The highest BCUT2D eigenvalue weighted by molar-refractivity contribution is 7.99. The zero-order chi connectivity index (χ0) is 7.40. The Kier molecular flexibility index (Phi) is 2.89. The monoisotopic (exact) mass is 175 g/mol. The summed E-state index contributed by atoms with van der Waals surface area (Å²) < 4.78 is 0. The summed E-state index contributed by atoms with van der Waals surface area (Å²) in [4.78, 5) is 3.92. The van der Waals surface area contributed by atoms with Crippen molar-refractivity contribution < 1.29 is 0 Å². The van der Waals surface area contributed by atoms with E-state index in [9.17, 15) is 0 Å². The highest BCUT2D eigenvalue weighted by Crippen LogP contribution is 2.13. The number of aromatic nitrogens is 3. The first kappa shape index (κ1) is 7.75. The molecule has 1 aromatic rings. The molecule has 0 spiro atoms. The summed E-state index contributed by atoms with van der Waals surface area (Å²) in [5, 5.41) is 8.18. The average molecular weight is 176 g/mol. The lowest BCUT2D eigenvalue weighted by Crippen LogP contribution is -1.87. The van der Waals surface area contributed by atoms with Crippen molar-refractivity contribution in [3.63, 3.8) is 0 Å². The Hall–Kier alpha value is -0.350. The van der Waals surface area contributed by atoms with Gasteiger partial charge in [0.1, 0.15) is 5.03 Å². The fourth-order valence-corrected chi connectivity index (χ4v) is 1.24. The van der Waals surface area contributed by atoms with Crippen molar-refractivity contribution in [3.8, 4) is 0 Å². The molecule has 0 amide bonds. The van der Waals surface area contributed by atoms with Gasteiger partial charge in [-0.1, -0.05) is 6.92 Å². The molecule has 0 bridgehead atoms. The Morgan fingerprint density at radius 2 is 2.50 bits per heavy atom. The number of thioether (sulfide) groups is 1. The van der Waals surface area contributed by atoms with Gasteiger partial charge in [-0.2, -0.15) is 5.10 Å². The lowest BCUT2D eigenvalue weighted by molar-refractivity contribution is 0.904. The van der Waals surface area contributed by atoms with E-state index in [1.165, 1.54) is 0 Å². The third-order valence-corrected chi connectivity index (χ3v) is 1.74. The summed E-state index contributed by atoms with van der Waals surface area (Å²) in [5.41, 5.74) is 0. The minimum atomic E-state index is 0.207. The largest absolute Gasteiger partial charge is 0.244 e. The third-order valence-electron chi connectivity index (χ3n) is 0.803. The standard InChI is InChI=1S/C5H6ClN3S/c1-2-10-4-3-7-9-5(6)8-4/h3H,2H2,1H3. The van der Waals surface area contributed by atoms with Crippen LogP contribution in [0.5, 0.6) is 0 Å². The normalized spacial score (nSPS) is 9.80. The third kappa shape index (κ3) is 2.11. The first-order valence-electron chi connectivity index (χ1n) is 2.81. The lowest BCUT2D eigenvalue weighted by Gasteiger charge is -1.93. The van der Waals surface area contributed by atoms with E-state index >= 15 is 0 Å². The van der Waals surface area contributed by atoms with E-state index < -0.39 is 0 Å². The molecule has 0 saturated carbocycles. The van der Waals surface area contributed by atoms with Crippen molar-refractivity contribution in [2.45, 2.75) is 11.9 Å². The summed E-state index contributed by atoms with van der Waals surface area (Å²) in [7, 11) is 0. The predicted molar refractivity (Wildman–Crippen MR) is 41.2 cm³/mol. The molecule has 0 radical (unpaired) electrons. The maximum Gasteiger partial charge on any atom is 0.244 e. The van der Waals surface area contributed by atoms with Gasteiger partial charge >= 0.3 is 0 Å². The molecule has 0 unspecified atom stereocenters. The Bertz CT molecular complexity index is 218. The quantitative estimate of drug-likeness (QED) is 0.641. The minimum absolute atomic E-state index is 0.207. The van der Waals surface area contributed by atoms with E-state index in [2.05, 4.69) is 15.2 Å². The number of nitrogens with zero attached hydrogens (tertiary/aromatic N) is 3. The summed E-state index contributed by atoms with van der Waals surface area (Å²) in [6.45, 7) is 2.04. The average Bonchev–Trinajstić information content (AvgIpc) is 1.88. The van der Waals surface area contributed by atoms with Gasteiger partial charge in [-0.15, -0.1) is 16.9 Å². The molecular formula is C5H6ClN3S. The van der Waals surface area contributed by atoms with Gasteiger partial charge in [0.05, 0.1) is 6.20 Å². The minimum Gasteiger partial charge on any atom is -0.208 e. The van der Waals surface area contributed by atoms with E-state index in [4.69, 9.17) is 11.6 Å². The molecule has 0 N–H and O–H groups in total. The van der Waals surface area contributed by atoms with E-state index in [1.807, 2.05) is 6.92 Å². The fourth-order valence-electron chi connectivity index (χ4n) is 0.485. The van der Waals surface area contributed by atoms with E-state index in [0.29, 0.717) is 0 Å². The topological polar surface area (TPSA) is 38.7 Å². The van der Waals surface area contributed by atoms with Gasteiger partial charge in [0.25, 0.3) is 0 Å². The summed E-state index contributed by atoms with van der Waals surface area (Å²) in [5.74, 6) is 0.967. The lowest BCUT2D eigenvalue weighted by atomic mass is 10.9. The Balaban J connectivity index is 2.75. The fraction of sp³-hybridized carbons (Fsp3) is 0.400. The van der Waals surface area contributed by atoms with Crippen molar-refractivity contribution in [3.05, 3.63) is 11.5 Å². The molecule has 0 aliphatic rings. The molecule has 0 aliphatic carbocycles. The Morgan fingerprint density at radius 3 is 3.10 bits per heavy atom. The second kappa shape index (κ2) is 3.73. The van der Waals surface area contributed by atoms with E-state index in [1.54, 1.807) is 18.0 Å². The summed E-state index contributed by atoms with van der Waals surface area (Å²) in [6.07, 6.45) is 1.60. The van der Waals surface area contributed by atoms with E-state index in [-0.39, 0.29) is 5.28 Å². The predicted octanol–water partition coefficient (Wildman–Crippen LogP) is 1.64.